The first kappa shape index (κ1) is 19.9. The van der Waals surface area contributed by atoms with E-state index in [9.17, 15) is 27.9 Å². The standard InChI is InChI=1S/C18H10F3NO4S2/c19-18(20,21)11-3-1-2-4-12(11)22-15(24)14(28-17(22)27)8-9-5-6-13(23)10(7-9)16(25)26/h1-8,23H,(H,25,26)/b14-8+. The lowest BCUT2D eigenvalue weighted by atomic mass is 10.1. The van der Waals surface area contributed by atoms with Crippen molar-refractivity contribution in [1.82, 2.24) is 0 Å². The molecule has 10 heteroatoms. The summed E-state index contributed by atoms with van der Waals surface area (Å²) in [5, 5.41) is 18.6. The van der Waals surface area contributed by atoms with E-state index in [0.717, 1.165) is 40.9 Å². The van der Waals surface area contributed by atoms with E-state index >= 15 is 0 Å². The lowest BCUT2D eigenvalue weighted by Gasteiger charge is -2.20. The van der Waals surface area contributed by atoms with Crippen molar-refractivity contribution in [1.29, 1.82) is 0 Å². The molecule has 1 amide bonds. The summed E-state index contributed by atoms with van der Waals surface area (Å²) in [6.07, 6.45) is -3.36. The molecule has 0 spiro atoms. The molecule has 2 aromatic carbocycles. The Balaban J connectivity index is 2.01. The predicted octanol–water partition coefficient (Wildman–Crippen LogP) is 4.52. The van der Waals surface area contributed by atoms with Crippen LogP contribution < -0.4 is 4.90 Å². The van der Waals surface area contributed by atoms with Gasteiger partial charge >= 0.3 is 12.1 Å². The largest absolute Gasteiger partial charge is 0.507 e. The third-order valence-corrected chi connectivity index (χ3v) is 5.10. The van der Waals surface area contributed by atoms with Crippen LogP contribution in [0.4, 0.5) is 18.9 Å². The number of carbonyl (C=O) groups is 2. The highest BCUT2D eigenvalue weighted by Crippen LogP contribution is 2.42. The Morgan fingerprint density at radius 3 is 2.50 bits per heavy atom. The first-order valence-electron chi connectivity index (χ1n) is 7.60. The number of benzene rings is 2. The van der Waals surface area contributed by atoms with Gasteiger partial charge in [0, 0.05) is 0 Å². The zero-order valence-corrected chi connectivity index (χ0v) is 15.4. The van der Waals surface area contributed by atoms with Crippen molar-refractivity contribution in [3.05, 3.63) is 64.1 Å². The molecule has 1 saturated heterocycles. The monoisotopic (exact) mass is 425 g/mol. The molecule has 1 aliphatic heterocycles. The van der Waals surface area contributed by atoms with E-state index in [1.165, 1.54) is 24.3 Å². The predicted molar refractivity (Wildman–Crippen MR) is 102 cm³/mol. The fourth-order valence-corrected chi connectivity index (χ4v) is 3.83. The van der Waals surface area contributed by atoms with Crippen LogP contribution in [0.15, 0.2) is 47.4 Å². The van der Waals surface area contributed by atoms with E-state index in [0.29, 0.717) is 0 Å². The van der Waals surface area contributed by atoms with E-state index in [2.05, 4.69) is 0 Å². The number of carboxylic acids is 1. The van der Waals surface area contributed by atoms with Gasteiger partial charge in [-0.05, 0) is 35.9 Å². The normalized spacial score (nSPS) is 16.1. The van der Waals surface area contributed by atoms with Gasteiger partial charge in [0.2, 0.25) is 0 Å². The van der Waals surface area contributed by atoms with Crippen molar-refractivity contribution < 1.29 is 33.0 Å². The lowest BCUT2D eigenvalue weighted by molar-refractivity contribution is -0.137. The number of nitrogens with zero attached hydrogens (tertiary/aromatic N) is 1. The number of thioether (sulfide) groups is 1. The Kier molecular flexibility index (Phi) is 5.18. The molecule has 0 radical (unpaired) electrons. The number of aromatic hydroxyl groups is 1. The second-order valence-corrected chi connectivity index (χ2v) is 7.29. The Labute approximate surface area is 166 Å². The van der Waals surface area contributed by atoms with Crippen molar-refractivity contribution in [2.24, 2.45) is 0 Å². The van der Waals surface area contributed by atoms with Gasteiger partial charge < -0.3 is 10.2 Å². The number of halogens is 3. The Morgan fingerprint density at radius 2 is 1.86 bits per heavy atom. The third kappa shape index (κ3) is 3.73. The number of para-hydroxylation sites is 1. The van der Waals surface area contributed by atoms with Crippen molar-refractivity contribution in [2.75, 3.05) is 4.90 Å². The smallest absolute Gasteiger partial charge is 0.418 e. The van der Waals surface area contributed by atoms with Gasteiger partial charge in [0.15, 0.2) is 4.32 Å². The summed E-state index contributed by atoms with van der Waals surface area (Å²) in [5.41, 5.74) is -1.46. The summed E-state index contributed by atoms with van der Waals surface area (Å²) in [6, 6.07) is 8.26. The number of carboxylic acid groups (broad SMARTS) is 1. The summed E-state index contributed by atoms with van der Waals surface area (Å²) in [4.78, 5) is 24.6. The summed E-state index contributed by atoms with van der Waals surface area (Å²) in [7, 11) is 0. The molecular formula is C18H10F3NO4S2. The number of anilines is 1. The van der Waals surface area contributed by atoms with Gasteiger partial charge in [-0.3, -0.25) is 9.69 Å². The average molecular weight is 425 g/mol. The van der Waals surface area contributed by atoms with Gasteiger partial charge in [0.05, 0.1) is 16.2 Å². The number of aromatic carboxylic acids is 1. The molecule has 0 atom stereocenters. The van der Waals surface area contributed by atoms with Crippen LogP contribution in [-0.2, 0) is 11.0 Å². The number of carbonyl (C=O) groups excluding carboxylic acids is 1. The number of hydrogen-bond donors (Lipinski definition) is 2. The van der Waals surface area contributed by atoms with Crippen LogP contribution in [0.25, 0.3) is 6.08 Å². The minimum absolute atomic E-state index is 0.0315. The summed E-state index contributed by atoms with van der Waals surface area (Å²) < 4.78 is 39.7. The first-order chi connectivity index (χ1) is 13.1. The number of alkyl halides is 3. The Hall–Kier alpha value is -2.85. The Bertz CT molecular complexity index is 1030. The highest BCUT2D eigenvalue weighted by molar-refractivity contribution is 8.27. The molecule has 28 heavy (non-hydrogen) atoms. The van der Waals surface area contributed by atoms with Crippen LogP contribution in [0.3, 0.4) is 0 Å². The maximum Gasteiger partial charge on any atom is 0.418 e. The molecule has 0 unspecified atom stereocenters. The van der Waals surface area contributed by atoms with E-state index < -0.39 is 29.4 Å². The lowest BCUT2D eigenvalue weighted by Crippen LogP contribution is -2.29. The molecule has 2 aromatic rings. The van der Waals surface area contributed by atoms with Crippen LogP contribution in [0.2, 0.25) is 0 Å². The molecule has 1 fully saturated rings. The van der Waals surface area contributed by atoms with E-state index in [4.69, 9.17) is 17.3 Å². The molecule has 2 N–H and O–H groups in total. The van der Waals surface area contributed by atoms with Crippen LogP contribution in [-0.4, -0.2) is 26.4 Å². The van der Waals surface area contributed by atoms with Gasteiger partial charge in [-0.2, -0.15) is 13.2 Å². The average Bonchev–Trinajstić information content (AvgIpc) is 2.89. The maximum atomic E-state index is 13.3. The van der Waals surface area contributed by atoms with Crippen LogP contribution in [0, 0.1) is 0 Å². The van der Waals surface area contributed by atoms with Gasteiger partial charge in [0.1, 0.15) is 11.3 Å². The quantitative estimate of drug-likeness (QED) is 0.556. The summed E-state index contributed by atoms with van der Waals surface area (Å²) in [6.45, 7) is 0. The molecule has 0 aliphatic carbocycles. The van der Waals surface area contributed by atoms with Crippen LogP contribution in [0.1, 0.15) is 21.5 Å². The second kappa shape index (κ2) is 7.28. The minimum Gasteiger partial charge on any atom is -0.507 e. The van der Waals surface area contributed by atoms with Crippen molar-refractivity contribution in [2.45, 2.75) is 6.18 Å². The number of thiocarbonyl (C=S) groups is 1. The Morgan fingerprint density at radius 1 is 1.18 bits per heavy atom. The molecule has 1 heterocycles. The van der Waals surface area contributed by atoms with Gasteiger partial charge in [-0.15, -0.1) is 0 Å². The number of amides is 1. The molecule has 0 bridgehead atoms. The van der Waals surface area contributed by atoms with Crippen molar-refractivity contribution in [3.8, 4) is 5.75 Å². The second-order valence-electron chi connectivity index (χ2n) is 5.61. The number of phenols is 1. The SMILES string of the molecule is O=C(O)c1cc(/C=C2/SC(=S)N(c3ccccc3C(F)(F)F)C2=O)ccc1O. The van der Waals surface area contributed by atoms with Crippen LogP contribution >= 0.6 is 24.0 Å². The molecule has 1 aliphatic rings. The fraction of sp³-hybridized carbons (Fsp3) is 0.0556. The molecule has 144 valence electrons. The van der Waals surface area contributed by atoms with Crippen molar-refractivity contribution >= 4 is 51.9 Å². The summed E-state index contributed by atoms with van der Waals surface area (Å²) in [5.74, 6) is -2.56. The molecule has 5 nitrogen and oxygen atoms in total. The van der Waals surface area contributed by atoms with E-state index in [1.54, 1.807) is 0 Å². The fourth-order valence-electron chi connectivity index (χ4n) is 2.55. The molecule has 0 saturated carbocycles. The van der Waals surface area contributed by atoms with Crippen molar-refractivity contribution in [3.63, 3.8) is 0 Å². The number of rotatable bonds is 3. The van der Waals surface area contributed by atoms with E-state index in [1.807, 2.05) is 0 Å². The maximum absolute atomic E-state index is 13.3. The highest BCUT2D eigenvalue weighted by Gasteiger charge is 2.40. The zero-order valence-electron chi connectivity index (χ0n) is 13.7. The van der Waals surface area contributed by atoms with Gasteiger partial charge in [-0.1, -0.05) is 42.2 Å². The molecule has 0 aromatic heterocycles. The first-order valence-corrected chi connectivity index (χ1v) is 8.82. The van der Waals surface area contributed by atoms with Crippen LogP contribution in [0.5, 0.6) is 5.75 Å². The topological polar surface area (TPSA) is 77.8 Å². The van der Waals surface area contributed by atoms with Gasteiger partial charge in [0.25, 0.3) is 5.91 Å². The molecule has 3 rings (SSSR count). The summed E-state index contributed by atoms with van der Waals surface area (Å²) >= 11 is 5.89. The highest BCUT2D eigenvalue weighted by atomic mass is 32.2. The third-order valence-electron chi connectivity index (χ3n) is 3.79. The zero-order chi connectivity index (χ0) is 20.6. The minimum atomic E-state index is -4.67. The van der Waals surface area contributed by atoms with E-state index in [-0.39, 0.29) is 26.0 Å². The number of hydrogen-bond acceptors (Lipinski definition) is 5. The molecular weight excluding hydrogens is 415 g/mol. The van der Waals surface area contributed by atoms with Gasteiger partial charge in [-0.25, -0.2) is 4.79 Å².